The van der Waals surface area contributed by atoms with Gasteiger partial charge in [0.25, 0.3) is 5.91 Å². The minimum absolute atomic E-state index is 0.0399. The fourth-order valence-corrected chi connectivity index (χ4v) is 3.28. The van der Waals surface area contributed by atoms with Crippen molar-refractivity contribution < 1.29 is 18.0 Å². The highest BCUT2D eigenvalue weighted by molar-refractivity contribution is 7.80. The summed E-state index contributed by atoms with van der Waals surface area (Å²) in [6.45, 7) is 0. The molecule has 0 fully saturated rings. The average molecular weight is 441 g/mol. The number of hydrogen-bond acceptors (Lipinski definition) is 5. The van der Waals surface area contributed by atoms with Crippen LogP contribution in [0.25, 0.3) is 34.1 Å². The number of nitrogens with zero attached hydrogens (tertiary/aromatic N) is 4. The van der Waals surface area contributed by atoms with Crippen LogP contribution >= 0.6 is 12.6 Å². The van der Waals surface area contributed by atoms with Crippen LogP contribution in [0.4, 0.5) is 13.2 Å². The second-order valence-corrected chi connectivity index (χ2v) is 7.15. The number of halogens is 3. The summed E-state index contributed by atoms with van der Waals surface area (Å²) < 4.78 is 40.5. The van der Waals surface area contributed by atoms with E-state index in [2.05, 4.69) is 27.7 Å². The van der Waals surface area contributed by atoms with Gasteiger partial charge in [-0.25, -0.2) is 9.67 Å². The van der Waals surface area contributed by atoms with E-state index in [0.29, 0.717) is 5.56 Å². The van der Waals surface area contributed by atoms with Crippen molar-refractivity contribution >= 4 is 41.2 Å². The zero-order chi connectivity index (χ0) is 22.2. The van der Waals surface area contributed by atoms with E-state index >= 15 is 0 Å². The molecule has 0 aliphatic rings. The molecule has 2 N–H and O–H groups in total. The van der Waals surface area contributed by atoms with Gasteiger partial charge in [-0.15, -0.1) is 17.7 Å². The van der Waals surface area contributed by atoms with E-state index in [-0.39, 0.29) is 21.9 Å². The van der Waals surface area contributed by atoms with Crippen LogP contribution in [0.2, 0.25) is 0 Å². The van der Waals surface area contributed by atoms with Crippen molar-refractivity contribution in [2.45, 2.75) is 11.1 Å². The van der Waals surface area contributed by atoms with Gasteiger partial charge in [-0.1, -0.05) is 18.2 Å². The minimum Gasteiger partial charge on any atom is -0.366 e. The Morgan fingerprint density at radius 3 is 2.61 bits per heavy atom. The number of rotatable bonds is 4. The first-order chi connectivity index (χ1) is 14.7. The molecule has 10 heteroatoms. The van der Waals surface area contributed by atoms with E-state index < -0.39 is 17.6 Å². The van der Waals surface area contributed by atoms with Gasteiger partial charge in [0.05, 0.1) is 16.7 Å². The number of amides is 1. The van der Waals surface area contributed by atoms with Gasteiger partial charge in [0.1, 0.15) is 6.33 Å². The lowest BCUT2D eigenvalue weighted by molar-refractivity contribution is -0.137. The number of fused-ring (bicyclic) bond motifs is 1. The highest BCUT2D eigenvalue weighted by Gasteiger charge is 2.31. The summed E-state index contributed by atoms with van der Waals surface area (Å²) >= 11 is 4.03. The molecule has 6 nitrogen and oxygen atoms in total. The van der Waals surface area contributed by atoms with Crippen molar-refractivity contribution in [2.24, 2.45) is 5.73 Å². The third-order valence-corrected chi connectivity index (χ3v) is 4.70. The largest absolute Gasteiger partial charge is 0.416 e. The van der Waals surface area contributed by atoms with E-state index in [1.807, 2.05) is 24.3 Å². The second-order valence-electron chi connectivity index (χ2n) is 6.64. The number of alkyl halides is 3. The van der Waals surface area contributed by atoms with E-state index in [1.54, 1.807) is 6.07 Å². The molecule has 0 aliphatic carbocycles. The molecule has 0 radical (unpaired) electrons. The van der Waals surface area contributed by atoms with Gasteiger partial charge < -0.3 is 5.73 Å². The van der Waals surface area contributed by atoms with Gasteiger partial charge in [-0.05, 0) is 30.3 Å². The van der Waals surface area contributed by atoms with Gasteiger partial charge in [-0.2, -0.15) is 13.2 Å². The normalized spacial score (nSPS) is 12.3. The number of benzene rings is 2. The molecule has 0 unspecified atom stereocenters. The molecule has 0 atom stereocenters. The molecule has 4 rings (SSSR count). The molecule has 2 heterocycles. The van der Waals surface area contributed by atoms with Crippen LogP contribution in [0.15, 0.2) is 66.0 Å². The number of thiol groups is 1. The highest BCUT2D eigenvalue weighted by Crippen LogP contribution is 2.33. The topological polar surface area (TPSA) is 86.7 Å². The maximum Gasteiger partial charge on any atom is 0.416 e. The van der Waals surface area contributed by atoms with E-state index in [1.165, 1.54) is 29.5 Å². The maximum absolute atomic E-state index is 13.1. The smallest absolute Gasteiger partial charge is 0.366 e. The molecule has 0 spiro atoms. The number of nitrogens with two attached hydrogens (primary N) is 1. The molecule has 1 amide bonds. The van der Waals surface area contributed by atoms with Crippen molar-refractivity contribution in [3.63, 3.8) is 0 Å². The molecular weight excluding hydrogens is 427 g/mol. The third kappa shape index (κ3) is 4.43. The average Bonchev–Trinajstić information content (AvgIpc) is 3.19. The number of para-hydroxylation sites is 1. The quantitative estimate of drug-likeness (QED) is 0.366. The van der Waals surface area contributed by atoms with Crippen LogP contribution in [-0.4, -0.2) is 25.7 Å². The zero-order valence-corrected chi connectivity index (χ0v) is 16.6. The molecule has 0 bridgehead atoms. The Morgan fingerprint density at radius 1 is 1.10 bits per heavy atom. The minimum atomic E-state index is -4.53. The Kier molecular flexibility index (Phi) is 5.24. The lowest BCUT2D eigenvalue weighted by atomic mass is 10.1. The molecule has 2 aromatic carbocycles. The van der Waals surface area contributed by atoms with Crippen molar-refractivity contribution in [3.8, 4) is 11.4 Å². The summed E-state index contributed by atoms with van der Waals surface area (Å²) in [5, 5.41) is 4.97. The molecule has 0 aliphatic heterocycles. The summed E-state index contributed by atoms with van der Waals surface area (Å²) in [6.07, 6.45) is -0.403. The summed E-state index contributed by atoms with van der Waals surface area (Å²) in [5.74, 6) is -0.677. The van der Waals surface area contributed by atoms with Gasteiger partial charge in [0, 0.05) is 33.8 Å². The Morgan fingerprint density at radius 2 is 1.87 bits per heavy atom. The summed E-state index contributed by atoms with van der Waals surface area (Å²) in [6, 6.07) is 12.4. The molecule has 2 aromatic heterocycles. The lowest BCUT2D eigenvalue weighted by Gasteiger charge is -2.08. The number of carbonyl (C=O) groups excluding carboxylic acids is 1. The highest BCUT2D eigenvalue weighted by atomic mass is 32.1. The van der Waals surface area contributed by atoms with Gasteiger partial charge in [-0.3, -0.25) is 9.78 Å². The fourth-order valence-electron chi connectivity index (χ4n) is 3.00. The van der Waals surface area contributed by atoms with Crippen molar-refractivity contribution in [1.29, 1.82) is 0 Å². The molecular formula is C21H14F3N5OS. The van der Waals surface area contributed by atoms with Crippen LogP contribution in [0.3, 0.4) is 0 Å². The monoisotopic (exact) mass is 441 g/mol. The molecule has 0 saturated carbocycles. The van der Waals surface area contributed by atoms with E-state index in [0.717, 1.165) is 23.0 Å². The SMILES string of the molecule is NC(=O)/C(=C/n1cnc(-c2cc(S)cc(C(F)(F)F)c2)n1)c1cnc2ccccc2c1. The molecule has 4 aromatic rings. The van der Waals surface area contributed by atoms with Crippen LogP contribution < -0.4 is 5.73 Å². The first-order valence-corrected chi connectivity index (χ1v) is 9.35. The standard InChI is InChI=1S/C21H14F3N5OS/c22-21(23,24)15-6-13(7-16(31)8-15)20-27-11-29(28-20)10-17(19(25)30)14-5-12-3-1-2-4-18(12)26-9-14/h1-11,31H,(H2,25,30)/b17-10+. The first kappa shape index (κ1) is 20.6. The number of pyridine rings is 1. The fraction of sp³-hybridized carbons (Fsp3) is 0.0476. The Balaban J connectivity index is 1.73. The number of carbonyl (C=O) groups is 1. The van der Waals surface area contributed by atoms with Crippen molar-refractivity contribution in [3.05, 3.63) is 72.2 Å². The zero-order valence-electron chi connectivity index (χ0n) is 15.7. The first-order valence-electron chi connectivity index (χ1n) is 8.90. The second kappa shape index (κ2) is 7.88. The predicted molar refractivity (Wildman–Crippen MR) is 113 cm³/mol. The van der Waals surface area contributed by atoms with Crippen molar-refractivity contribution in [1.82, 2.24) is 19.7 Å². The van der Waals surface area contributed by atoms with Gasteiger partial charge >= 0.3 is 6.18 Å². The molecule has 0 saturated heterocycles. The van der Waals surface area contributed by atoms with Crippen LogP contribution in [-0.2, 0) is 11.0 Å². The van der Waals surface area contributed by atoms with Crippen molar-refractivity contribution in [2.75, 3.05) is 0 Å². The van der Waals surface area contributed by atoms with E-state index in [4.69, 9.17) is 5.73 Å². The Bertz CT molecular complexity index is 1330. The molecule has 31 heavy (non-hydrogen) atoms. The summed E-state index contributed by atoms with van der Waals surface area (Å²) in [7, 11) is 0. The van der Waals surface area contributed by atoms with Gasteiger partial charge in [0.2, 0.25) is 0 Å². The number of aromatic nitrogens is 4. The van der Waals surface area contributed by atoms with Gasteiger partial charge in [0.15, 0.2) is 5.82 Å². The maximum atomic E-state index is 13.1. The van der Waals surface area contributed by atoms with Crippen LogP contribution in [0.1, 0.15) is 11.1 Å². The van der Waals surface area contributed by atoms with E-state index in [9.17, 15) is 18.0 Å². The molecule has 156 valence electrons. The van der Waals surface area contributed by atoms with Crippen LogP contribution in [0.5, 0.6) is 0 Å². The summed E-state index contributed by atoms with van der Waals surface area (Å²) in [5.41, 5.74) is 6.16. The summed E-state index contributed by atoms with van der Waals surface area (Å²) in [4.78, 5) is 20.5. The Labute approximate surface area is 179 Å². The predicted octanol–water partition coefficient (Wildman–Crippen LogP) is 4.28. The van der Waals surface area contributed by atoms with Crippen LogP contribution in [0, 0.1) is 0 Å². The Hall–Kier alpha value is -3.66. The third-order valence-electron chi connectivity index (χ3n) is 4.44. The number of hydrogen-bond donors (Lipinski definition) is 2. The number of primary amides is 1. The lowest BCUT2D eigenvalue weighted by Crippen LogP contribution is -2.14.